The van der Waals surface area contributed by atoms with E-state index in [0.717, 1.165) is 4.47 Å². The summed E-state index contributed by atoms with van der Waals surface area (Å²) in [5.41, 5.74) is 0.850. The summed E-state index contributed by atoms with van der Waals surface area (Å²) in [5.74, 6) is -0.637. The summed E-state index contributed by atoms with van der Waals surface area (Å²) in [6.45, 7) is 1.90. The highest BCUT2D eigenvalue weighted by Crippen LogP contribution is 2.15. The number of piperazine rings is 1. The summed E-state index contributed by atoms with van der Waals surface area (Å²) >= 11 is 3.36. The Balaban J connectivity index is 1.34. The average Bonchev–Trinajstić information content (AvgIpc) is 2.79. The Labute approximate surface area is 186 Å². The lowest BCUT2D eigenvalue weighted by atomic mass is 10.1. The first-order valence-corrected chi connectivity index (χ1v) is 10.7. The molecule has 7 nitrogen and oxygen atoms in total. The molecule has 160 valence electrons. The van der Waals surface area contributed by atoms with E-state index in [1.807, 2.05) is 6.07 Å². The molecule has 1 aliphatic heterocycles. The minimum atomic E-state index is -0.389. The molecule has 0 bridgehead atoms. The molecule has 0 spiro atoms. The summed E-state index contributed by atoms with van der Waals surface area (Å²) in [7, 11) is 0. The van der Waals surface area contributed by atoms with Crippen LogP contribution in [0.25, 0.3) is 10.9 Å². The van der Waals surface area contributed by atoms with Gasteiger partial charge in [-0.1, -0.05) is 15.9 Å². The van der Waals surface area contributed by atoms with Gasteiger partial charge in [-0.2, -0.15) is 0 Å². The summed E-state index contributed by atoms with van der Waals surface area (Å²) < 4.78 is 15.3. The van der Waals surface area contributed by atoms with Crippen LogP contribution in [-0.2, 0) is 11.3 Å². The summed E-state index contributed by atoms with van der Waals surface area (Å²) in [6.07, 6.45) is 1.64. The number of amides is 2. The maximum atomic E-state index is 13.1. The molecule has 0 aliphatic carbocycles. The van der Waals surface area contributed by atoms with Crippen molar-refractivity contribution in [2.24, 2.45) is 0 Å². The van der Waals surface area contributed by atoms with Gasteiger partial charge in [0.05, 0.1) is 17.2 Å². The van der Waals surface area contributed by atoms with Crippen molar-refractivity contribution in [3.8, 4) is 0 Å². The number of hydrogen-bond acceptors (Lipinski definition) is 4. The number of carbonyl (C=O) groups excluding carboxylic acids is 2. The molecule has 0 saturated carbocycles. The number of halogens is 2. The van der Waals surface area contributed by atoms with Crippen LogP contribution >= 0.6 is 15.9 Å². The van der Waals surface area contributed by atoms with Gasteiger partial charge in [-0.25, -0.2) is 9.37 Å². The molecule has 0 radical (unpaired) electrons. The molecule has 1 aliphatic rings. The standard InChI is InChI=1S/C22H20BrFN4O3/c23-16-3-6-19-18(13-16)22(31)28(14-25-19)8-7-20(29)26-9-11-27(12-10-26)21(30)15-1-4-17(24)5-2-15/h1-6,13-14H,7-12H2. The number of fused-ring (bicyclic) bond motifs is 1. The fourth-order valence-electron chi connectivity index (χ4n) is 3.60. The van der Waals surface area contributed by atoms with Crippen LogP contribution in [0.15, 0.2) is 58.1 Å². The molecule has 0 N–H and O–H groups in total. The Bertz CT molecular complexity index is 1190. The number of rotatable bonds is 4. The Kier molecular flexibility index (Phi) is 6.13. The van der Waals surface area contributed by atoms with E-state index in [0.29, 0.717) is 42.6 Å². The Morgan fingerprint density at radius 1 is 1.00 bits per heavy atom. The maximum Gasteiger partial charge on any atom is 0.261 e. The third kappa shape index (κ3) is 4.66. The molecule has 9 heteroatoms. The highest BCUT2D eigenvalue weighted by atomic mass is 79.9. The normalized spacial score (nSPS) is 14.1. The molecular weight excluding hydrogens is 467 g/mol. The van der Waals surface area contributed by atoms with Crippen molar-refractivity contribution in [3.63, 3.8) is 0 Å². The molecule has 3 aromatic rings. The fraction of sp³-hybridized carbons (Fsp3) is 0.273. The Hall–Kier alpha value is -3.07. The first kappa shape index (κ1) is 21.2. The molecule has 4 rings (SSSR count). The zero-order chi connectivity index (χ0) is 22.0. The van der Waals surface area contributed by atoms with Crippen LogP contribution in [0.1, 0.15) is 16.8 Å². The molecule has 2 amide bonds. The number of benzene rings is 2. The van der Waals surface area contributed by atoms with Gasteiger partial charge in [0.25, 0.3) is 11.5 Å². The molecule has 31 heavy (non-hydrogen) atoms. The minimum absolute atomic E-state index is 0.0740. The lowest BCUT2D eigenvalue weighted by Crippen LogP contribution is -2.50. The molecule has 2 heterocycles. The molecular formula is C22H20BrFN4O3. The smallest absolute Gasteiger partial charge is 0.261 e. The lowest BCUT2D eigenvalue weighted by Gasteiger charge is -2.35. The molecule has 2 aromatic carbocycles. The highest BCUT2D eigenvalue weighted by Gasteiger charge is 2.24. The quantitative estimate of drug-likeness (QED) is 0.568. The van der Waals surface area contributed by atoms with E-state index in [2.05, 4.69) is 20.9 Å². The van der Waals surface area contributed by atoms with E-state index in [1.54, 1.807) is 21.9 Å². The van der Waals surface area contributed by atoms with Crippen LogP contribution < -0.4 is 5.56 Å². The number of aryl methyl sites for hydroxylation is 1. The van der Waals surface area contributed by atoms with E-state index in [4.69, 9.17) is 0 Å². The predicted molar refractivity (Wildman–Crippen MR) is 117 cm³/mol. The molecule has 1 saturated heterocycles. The van der Waals surface area contributed by atoms with Crippen molar-refractivity contribution in [1.29, 1.82) is 0 Å². The first-order chi connectivity index (χ1) is 14.9. The number of hydrogen-bond donors (Lipinski definition) is 0. The van der Waals surface area contributed by atoms with Crippen LogP contribution in [0, 0.1) is 5.82 Å². The molecule has 0 unspecified atom stereocenters. The summed E-state index contributed by atoms with van der Waals surface area (Å²) in [5, 5.41) is 0.497. The van der Waals surface area contributed by atoms with Crippen LogP contribution in [0.5, 0.6) is 0 Å². The second-order valence-electron chi connectivity index (χ2n) is 7.33. The van der Waals surface area contributed by atoms with Crippen LogP contribution in [0.3, 0.4) is 0 Å². The third-order valence-electron chi connectivity index (χ3n) is 5.36. The second kappa shape index (κ2) is 8.97. The SMILES string of the molecule is O=C(CCn1cnc2ccc(Br)cc2c1=O)N1CCN(C(=O)c2ccc(F)cc2)CC1. The van der Waals surface area contributed by atoms with Crippen molar-refractivity contribution >= 4 is 38.6 Å². The average molecular weight is 487 g/mol. The predicted octanol–water partition coefficient (Wildman–Crippen LogP) is 2.67. The van der Waals surface area contributed by atoms with E-state index >= 15 is 0 Å². The monoisotopic (exact) mass is 486 g/mol. The number of carbonyl (C=O) groups is 2. The first-order valence-electron chi connectivity index (χ1n) is 9.90. The van der Waals surface area contributed by atoms with Crippen LogP contribution in [0.4, 0.5) is 4.39 Å². The van der Waals surface area contributed by atoms with Gasteiger partial charge < -0.3 is 9.80 Å². The largest absolute Gasteiger partial charge is 0.339 e. The van der Waals surface area contributed by atoms with Crippen molar-refractivity contribution in [1.82, 2.24) is 19.4 Å². The van der Waals surface area contributed by atoms with Gasteiger partial charge in [-0.05, 0) is 42.5 Å². The van der Waals surface area contributed by atoms with Gasteiger partial charge >= 0.3 is 0 Å². The van der Waals surface area contributed by atoms with Crippen LogP contribution in [0.2, 0.25) is 0 Å². The van der Waals surface area contributed by atoms with E-state index in [1.165, 1.54) is 35.2 Å². The van der Waals surface area contributed by atoms with Gasteiger partial charge in [0.15, 0.2) is 0 Å². The third-order valence-corrected chi connectivity index (χ3v) is 5.86. The minimum Gasteiger partial charge on any atom is -0.339 e. The second-order valence-corrected chi connectivity index (χ2v) is 8.25. The van der Waals surface area contributed by atoms with Gasteiger partial charge in [0, 0.05) is 49.2 Å². The lowest BCUT2D eigenvalue weighted by molar-refractivity contribution is -0.132. The van der Waals surface area contributed by atoms with Gasteiger partial charge in [-0.15, -0.1) is 0 Å². The zero-order valence-electron chi connectivity index (χ0n) is 16.6. The fourth-order valence-corrected chi connectivity index (χ4v) is 3.96. The van der Waals surface area contributed by atoms with Crippen molar-refractivity contribution in [3.05, 3.63) is 75.0 Å². The highest BCUT2D eigenvalue weighted by molar-refractivity contribution is 9.10. The molecule has 1 fully saturated rings. The molecule has 1 aromatic heterocycles. The number of aromatic nitrogens is 2. The van der Waals surface area contributed by atoms with Gasteiger partial charge in [0.1, 0.15) is 5.82 Å². The zero-order valence-corrected chi connectivity index (χ0v) is 18.2. The molecule has 0 atom stereocenters. The van der Waals surface area contributed by atoms with E-state index in [-0.39, 0.29) is 36.2 Å². The van der Waals surface area contributed by atoms with Crippen molar-refractivity contribution in [2.75, 3.05) is 26.2 Å². The number of nitrogens with zero attached hydrogens (tertiary/aromatic N) is 4. The Morgan fingerprint density at radius 2 is 1.68 bits per heavy atom. The van der Waals surface area contributed by atoms with E-state index < -0.39 is 0 Å². The topological polar surface area (TPSA) is 75.5 Å². The van der Waals surface area contributed by atoms with Crippen molar-refractivity contribution in [2.45, 2.75) is 13.0 Å². The summed E-state index contributed by atoms with van der Waals surface area (Å²) in [4.78, 5) is 45.4. The summed E-state index contributed by atoms with van der Waals surface area (Å²) in [6, 6.07) is 10.8. The van der Waals surface area contributed by atoms with E-state index in [9.17, 15) is 18.8 Å². The maximum absolute atomic E-state index is 13.1. The van der Waals surface area contributed by atoms with Crippen LogP contribution in [-0.4, -0.2) is 57.3 Å². The Morgan fingerprint density at radius 3 is 2.39 bits per heavy atom. The van der Waals surface area contributed by atoms with Gasteiger partial charge in [-0.3, -0.25) is 19.0 Å². The van der Waals surface area contributed by atoms with Crippen molar-refractivity contribution < 1.29 is 14.0 Å². The van der Waals surface area contributed by atoms with Gasteiger partial charge in [0.2, 0.25) is 5.91 Å².